The highest BCUT2D eigenvalue weighted by atomic mass is 32.2. The van der Waals surface area contributed by atoms with Gasteiger partial charge >= 0.3 is 0 Å². The van der Waals surface area contributed by atoms with Crippen molar-refractivity contribution < 1.29 is 13.7 Å². The molecule has 8 heteroatoms. The van der Waals surface area contributed by atoms with Gasteiger partial charge in [-0.1, -0.05) is 5.16 Å². The average Bonchev–Trinajstić information content (AvgIpc) is 3.17. The van der Waals surface area contributed by atoms with E-state index in [1.807, 2.05) is 0 Å². The molecule has 0 radical (unpaired) electrons. The van der Waals surface area contributed by atoms with Crippen LogP contribution in [0.25, 0.3) is 11.4 Å². The summed E-state index contributed by atoms with van der Waals surface area (Å²) in [5.74, 6) is 1.49. The number of rotatable bonds is 9. The van der Waals surface area contributed by atoms with E-state index in [1.54, 1.807) is 48.4 Å². The molecular weight excluding hydrogens is 367 g/mol. The molecule has 0 saturated heterocycles. The van der Waals surface area contributed by atoms with Gasteiger partial charge in [0, 0.05) is 42.2 Å². The molecular formula is C19H19FN4O2S. The molecule has 1 aromatic carbocycles. The minimum atomic E-state index is -0.235. The molecule has 0 aliphatic carbocycles. The molecule has 140 valence electrons. The van der Waals surface area contributed by atoms with E-state index in [0.29, 0.717) is 31.1 Å². The number of benzene rings is 1. The number of halogens is 1. The molecule has 0 aliphatic heterocycles. The number of amides is 1. The number of hydrogen-bond donors (Lipinski definition) is 1. The molecule has 6 nitrogen and oxygen atoms in total. The monoisotopic (exact) mass is 386 g/mol. The van der Waals surface area contributed by atoms with E-state index in [9.17, 15) is 9.18 Å². The smallest absolute Gasteiger partial charge is 0.227 e. The molecule has 2 aromatic heterocycles. The molecule has 3 rings (SSSR count). The van der Waals surface area contributed by atoms with Crippen LogP contribution in [-0.4, -0.2) is 33.3 Å². The van der Waals surface area contributed by atoms with Crippen molar-refractivity contribution in [3.05, 3.63) is 60.5 Å². The van der Waals surface area contributed by atoms with Crippen molar-refractivity contribution in [3.63, 3.8) is 0 Å². The summed E-state index contributed by atoms with van der Waals surface area (Å²) in [4.78, 5) is 21.2. The summed E-state index contributed by atoms with van der Waals surface area (Å²) >= 11 is 1.64. The molecule has 2 heterocycles. The number of hydrogen-bond acceptors (Lipinski definition) is 6. The number of carbonyl (C=O) groups is 1. The fourth-order valence-electron chi connectivity index (χ4n) is 2.30. The Labute approximate surface area is 160 Å². The van der Waals surface area contributed by atoms with Gasteiger partial charge in [-0.3, -0.25) is 9.78 Å². The molecule has 0 bridgehead atoms. The van der Waals surface area contributed by atoms with Crippen molar-refractivity contribution in [2.24, 2.45) is 0 Å². The van der Waals surface area contributed by atoms with Crippen molar-refractivity contribution in [3.8, 4) is 11.4 Å². The number of nitrogens with one attached hydrogen (secondary N) is 1. The lowest BCUT2D eigenvalue weighted by Crippen LogP contribution is -2.25. The van der Waals surface area contributed by atoms with E-state index in [1.165, 1.54) is 12.1 Å². The van der Waals surface area contributed by atoms with E-state index >= 15 is 0 Å². The molecule has 0 fully saturated rings. The SMILES string of the molecule is O=C(CCc1nc(-c2ccncc2)no1)NCCCSc1ccc(F)cc1. The Morgan fingerprint density at radius 2 is 1.93 bits per heavy atom. The Morgan fingerprint density at radius 1 is 1.15 bits per heavy atom. The van der Waals surface area contributed by atoms with Crippen LogP contribution in [0.4, 0.5) is 4.39 Å². The zero-order valence-corrected chi connectivity index (χ0v) is 15.4. The predicted molar refractivity (Wildman–Crippen MR) is 101 cm³/mol. The second-order valence-corrected chi connectivity index (χ2v) is 6.92. The summed E-state index contributed by atoms with van der Waals surface area (Å²) in [6.45, 7) is 0.596. The number of carbonyl (C=O) groups excluding carboxylic acids is 1. The highest BCUT2D eigenvalue weighted by Gasteiger charge is 2.10. The Morgan fingerprint density at radius 3 is 2.70 bits per heavy atom. The predicted octanol–water partition coefficient (Wildman–Crippen LogP) is 3.50. The van der Waals surface area contributed by atoms with Gasteiger partial charge < -0.3 is 9.84 Å². The summed E-state index contributed by atoms with van der Waals surface area (Å²) in [6, 6.07) is 9.99. The Kier molecular flexibility index (Phi) is 6.92. The summed E-state index contributed by atoms with van der Waals surface area (Å²) in [5, 5.41) is 6.79. The standard InChI is InChI=1S/C19H19FN4O2S/c20-15-2-4-16(5-3-15)27-13-1-10-22-17(25)6-7-18-23-19(24-26-18)14-8-11-21-12-9-14/h2-5,8-9,11-12H,1,6-7,10,13H2,(H,22,25). The average molecular weight is 386 g/mol. The minimum Gasteiger partial charge on any atom is -0.356 e. The van der Waals surface area contributed by atoms with Crippen molar-refractivity contribution in [2.75, 3.05) is 12.3 Å². The first-order valence-corrected chi connectivity index (χ1v) is 9.57. The van der Waals surface area contributed by atoms with Crippen LogP contribution in [0.15, 0.2) is 58.2 Å². The van der Waals surface area contributed by atoms with Crippen LogP contribution < -0.4 is 5.32 Å². The molecule has 0 spiro atoms. The minimum absolute atomic E-state index is 0.0505. The summed E-state index contributed by atoms with van der Waals surface area (Å²) < 4.78 is 18.0. The quantitative estimate of drug-likeness (QED) is 0.448. The van der Waals surface area contributed by atoms with Crippen molar-refractivity contribution in [2.45, 2.75) is 24.2 Å². The second-order valence-electron chi connectivity index (χ2n) is 5.75. The topological polar surface area (TPSA) is 80.9 Å². The van der Waals surface area contributed by atoms with E-state index in [2.05, 4.69) is 20.4 Å². The largest absolute Gasteiger partial charge is 0.356 e. The van der Waals surface area contributed by atoms with Gasteiger partial charge in [-0.15, -0.1) is 11.8 Å². The summed E-state index contributed by atoms with van der Waals surface area (Å²) in [7, 11) is 0. The highest BCUT2D eigenvalue weighted by Crippen LogP contribution is 2.18. The lowest BCUT2D eigenvalue weighted by molar-refractivity contribution is -0.121. The molecule has 0 saturated carbocycles. The van der Waals surface area contributed by atoms with Crippen LogP contribution in [0.3, 0.4) is 0 Å². The maximum Gasteiger partial charge on any atom is 0.227 e. The molecule has 3 aromatic rings. The van der Waals surface area contributed by atoms with E-state index in [-0.39, 0.29) is 11.7 Å². The van der Waals surface area contributed by atoms with Gasteiger partial charge in [0.15, 0.2) is 0 Å². The first-order valence-electron chi connectivity index (χ1n) is 8.59. The number of nitrogens with zero attached hydrogens (tertiary/aromatic N) is 3. The Bertz CT molecular complexity index is 856. The van der Waals surface area contributed by atoms with Gasteiger partial charge in [0.2, 0.25) is 17.6 Å². The fourth-order valence-corrected chi connectivity index (χ4v) is 3.16. The number of aromatic nitrogens is 3. The maximum absolute atomic E-state index is 12.8. The molecule has 1 N–H and O–H groups in total. The normalized spacial score (nSPS) is 10.7. The highest BCUT2D eigenvalue weighted by molar-refractivity contribution is 7.99. The van der Waals surface area contributed by atoms with Crippen molar-refractivity contribution >= 4 is 17.7 Å². The van der Waals surface area contributed by atoms with Gasteiger partial charge in [-0.2, -0.15) is 4.98 Å². The maximum atomic E-state index is 12.8. The Hall–Kier alpha value is -2.74. The van der Waals surface area contributed by atoms with E-state index in [0.717, 1.165) is 22.6 Å². The van der Waals surface area contributed by atoms with Crippen LogP contribution in [0, 0.1) is 5.82 Å². The zero-order chi connectivity index (χ0) is 18.9. The molecule has 0 atom stereocenters. The van der Waals surface area contributed by atoms with Crippen molar-refractivity contribution in [1.29, 1.82) is 0 Å². The number of thioether (sulfide) groups is 1. The zero-order valence-electron chi connectivity index (χ0n) is 14.6. The van der Waals surface area contributed by atoms with Crippen LogP contribution in [-0.2, 0) is 11.2 Å². The van der Waals surface area contributed by atoms with Gasteiger partial charge in [0.05, 0.1) is 0 Å². The molecule has 0 unspecified atom stereocenters. The van der Waals surface area contributed by atoms with Crippen LogP contribution >= 0.6 is 11.8 Å². The number of pyridine rings is 1. The van der Waals surface area contributed by atoms with Gasteiger partial charge in [-0.05, 0) is 48.6 Å². The third-order valence-electron chi connectivity index (χ3n) is 3.70. The van der Waals surface area contributed by atoms with E-state index in [4.69, 9.17) is 4.52 Å². The fraction of sp³-hybridized carbons (Fsp3) is 0.263. The third-order valence-corrected chi connectivity index (χ3v) is 4.80. The third kappa shape index (κ3) is 6.18. The Balaban J connectivity index is 1.32. The van der Waals surface area contributed by atoms with Crippen LogP contribution in [0.2, 0.25) is 0 Å². The lowest BCUT2D eigenvalue weighted by Gasteiger charge is -2.04. The molecule has 27 heavy (non-hydrogen) atoms. The molecule has 0 aliphatic rings. The van der Waals surface area contributed by atoms with Gasteiger partial charge in [-0.25, -0.2) is 4.39 Å². The van der Waals surface area contributed by atoms with E-state index < -0.39 is 0 Å². The van der Waals surface area contributed by atoms with Gasteiger partial charge in [0.1, 0.15) is 5.82 Å². The summed E-state index contributed by atoms with van der Waals surface area (Å²) in [6.07, 6.45) is 4.85. The summed E-state index contributed by atoms with van der Waals surface area (Å²) in [5.41, 5.74) is 0.822. The first kappa shape index (κ1) is 19.0. The van der Waals surface area contributed by atoms with Crippen LogP contribution in [0.5, 0.6) is 0 Å². The number of aryl methyl sites for hydroxylation is 1. The van der Waals surface area contributed by atoms with Gasteiger partial charge in [0.25, 0.3) is 0 Å². The second kappa shape index (κ2) is 9.82. The van der Waals surface area contributed by atoms with Crippen molar-refractivity contribution in [1.82, 2.24) is 20.4 Å². The lowest BCUT2D eigenvalue weighted by atomic mass is 10.2. The van der Waals surface area contributed by atoms with Crippen LogP contribution in [0.1, 0.15) is 18.7 Å². The molecule has 1 amide bonds. The first-order chi connectivity index (χ1) is 13.2.